The highest BCUT2D eigenvalue weighted by Gasteiger charge is 2.41. The molecule has 0 saturated carbocycles. The van der Waals surface area contributed by atoms with Gasteiger partial charge in [-0.25, -0.2) is 0 Å². The molecule has 10 nitrogen and oxygen atoms in total. The van der Waals surface area contributed by atoms with Crippen LogP contribution in [0.3, 0.4) is 0 Å². The van der Waals surface area contributed by atoms with Crippen molar-refractivity contribution in [2.75, 3.05) is 19.0 Å². The number of nitro groups is 1. The first-order valence-electron chi connectivity index (χ1n) is 13.5. The van der Waals surface area contributed by atoms with Gasteiger partial charge < -0.3 is 24.8 Å². The Hall–Kier alpha value is -4.77. The SMILES string of the molecule is COc1cc([N+](=O)[O-])ccc1-n1c(C)cc([C@@H]2[C@H](c3ccccn3)NC(=S)N2CCC(=O)Nc2ccccc2C)c1C. The molecule has 4 aromatic rings. The van der Waals surface area contributed by atoms with E-state index in [9.17, 15) is 14.9 Å². The fourth-order valence-corrected chi connectivity index (χ4v) is 5.89. The fraction of sp³-hybridized carbons (Fsp3) is 0.258. The molecule has 0 radical (unpaired) electrons. The summed E-state index contributed by atoms with van der Waals surface area (Å²) in [5.74, 6) is 0.289. The molecule has 3 heterocycles. The zero-order valence-electron chi connectivity index (χ0n) is 23.8. The molecule has 1 fully saturated rings. The van der Waals surface area contributed by atoms with Crippen molar-refractivity contribution in [1.29, 1.82) is 0 Å². The second-order valence-electron chi connectivity index (χ2n) is 10.2. The van der Waals surface area contributed by atoms with Crippen LogP contribution in [0.25, 0.3) is 5.69 Å². The maximum absolute atomic E-state index is 13.0. The minimum absolute atomic E-state index is 0.0472. The van der Waals surface area contributed by atoms with E-state index < -0.39 is 4.92 Å². The molecule has 5 rings (SSSR count). The van der Waals surface area contributed by atoms with Gasteiger partial charge in [0.15, 0.2) is 5.11 Å². The van der Waals surface area contributed by atoms with Gasteiger partial charge in [-0.05, 0) is 74.4 Å². The minimum atomic E-state index is -0.442. The lowest BCUT2D eigenvalue weighted by atomic mass is 9.96. The number of non-ortho nitro benzene ring substituents is 1. The Morgan fingerprint density at radius 2 is 1.88 bits per heavy atom. The van der Waals surface area contributed by atoms with Crippen molar-refractivity contribution in [2.45, 2.75) is 39.3 Å². The number of hydrogen-bond donors (Lipinski definition) is 2. The number of benzene rings is 2. The lowest BCUT2D eigenvalue weighted by molar-refractivity contribution is -0.384. The van der Waals surface area contributed by atoms with Crippen LogP contribution in [0.2, 0.25) is 0 Å². The summed E-state index contributed by atoms with van der Waals surface area (Å²) in [5.41, 5.74) is 6.09. The number of pyridine rings is 1. The van der Waals surface area contributed by atoms with Crippen molar-refractivity contribution >= 4 is 34.6 Å². The third-order valence-corrected chi connectivity index (χ3v) is 7.95. The van der Waals surface area contributed by atoms with E-state index in [0.29, 0.717) is 23.1 Å². The summed E-state index contributed by atoms with van der Waals surface area (Å²) >= 11 is 5.82. The van der Waals surface area contributed by atoms with Gasteiger partial charge in [0.05, 0.1) is 41.6 Å². The molecule has 2 atom stereocenters. The Labute approximate surface area is 249 Å². The summed E-state index contributed by atoms with van der Waals surface area (Å²) in [4.78, 5) is 30.6. The number of nitro benzene ring substituents is 1. The smallest absolute Gasteiger partial charge is 0.273 e. The molecule has 0 aliphatic carbocycles. The van der Waals surface area contributed by atoms with Crippen LogP contribution in [0, 0.1) is 30.9 Å². The summed E-state index contributed by atoms with van der Waals surface area (Å²) in [6, 6.07) is 19.6. The van der Waals surface area contributed by atoms with E-state index in [1.54, 1.807) is 12.3 Å². The predicted molar refractivity (Wildman–Crippen MR) is 165 cm³/mol. The number of aryl methyl sites for hydroxylation is 2. The van der Waals surface area contributed by atoms with Gasteiger partial charge in [-0.15, -0.1) is 0 Å². The first-order valence-corrected chi connectivity index (χ1v) is 14.0. The third-order valence-electron chi connectivity index (χ3n) is 7.60. The van der Waals surface area contributed by atoms with Crippen molar-refractivity contribution in [3.63, 3.8) is 0 Å². The number of aromatic nitrogens is 2. The second kappa shape index (κ2) is 12.0. The van der Waals surface area contributed by atoms with Crippen LogP contribution < -0.4 is 15.4 Å². The summed E-state index contributed by atoms with van der Waals surface area (Å²) in [6.45, 7) is 6.33. The van der Waals surface area contributed by atoms with Crippen LogP contribution in [0.4, 0.5) is 11.4 Å². The molecule has 0 spiro atoms. The van der Waals surface area contributed by atoms with Crippen molar-refractivity contribution in [3.8, 4) is 11.4 Å². The number of thiocarbonyl (C=S) groups is 1. The maximum atomic E-state index is 13.0. The van der Waals surface area contributed by atoms with E-state index in [2.05, 4.69) is 21.7 Å². The summed E-state index contributed by atoms with van der Waals surface area (Å²) in [7, 11) is 1.50. The second-order valence-corrected chi connectivity index (χ2v) is 10.6. The number of nitrogens with zero attached hydrogens (tertiary/aromatic N) is 4. The Morgan fingerprint density at radius 1 is 1.12 bits per heavy atom. The normalized spacial score (nSPS) is 16.3. The number of ether oxygens (including phenoxy) is 1. The third kappa shape index (κ3) is 5.55. The van der Waals surface area contributed by atoms with E-state index in [0.717, 1.165) is 33.9 Å². The Balaban J connectivity index is 1.51. The molecule has 1 saturated heterocycles. The van der Waals surface area contributed by atoms with Gasteiger partial charge in [0.25, 0.3) is 5.69 Å². The number of carbonyl (C=O) groups excluding carboxylic acids is 1. The number of methoxy groups -OCH3 is 1. The fourth-order valence-electron chi connectivity index (χ4n) is 5.56. The van der Waals surface area contributed by atoms with Gasteiger partial charge in [0.1, 0.15) is 5.75 Å². The van der Waals surface area contributed by atoms with Crippen molar-refractivity contribution < 1.29 is 14.5 Å². The molecule has 1 aliphatic rings. The molecule has 42 heavy (non-hydrogen) atoms. The van der Waals surface area contributed by atoms with Crippen molar-refractivity contribution in [3.05, 3.63) is 111 Å². The van der Waals surface area contributed by atoms with Gasteiger partial charge >= 0.3 is 0 Å². The Bertz CT molecular complexity index is 1650. The molecule has 2 aromatic carbocycles. The topological polar surface area (TPSA) is 115 Å². The molecule has 216 valence electrons. The largest absolute Gasteiger partial charge is 0.494 e. The molecule has 0 unspecified atom stereocenters. The number of amides is 1. The van der Waals surface area contributed by atoms with E-state index in [1.807, 2.05) is 72.7 Å². The maximum Gasteiger partial charge on any atom is 0.273 e. The first-order chi connectivity index (χ1) is 20.2. The lowest BCUT2D eigenvalue weighted by Gasteiger charge is -2.28. The van der Waals surface area contributed by atoms with E-state index >= 15 is 0 Å². The molecular formula is C31H32N6O4S. The van der Waals surface area contributed by atoms with Crippen LogP contribution in [-0.2, 0) is 4.79 Å². The number of rotatable bonds is 9. The number of nitrogens with one attached hydrogen (secondary N) is 2. The number of anilines is 1. The van der Waals surface area contributed by atoms with Crippen LogP contribution in [0.5, 0.6) is 5.75 Å². The summed E-state index contributed by atoms with van der Waals surface area (Å²) in [6.07, 6.45) is 1.98. The van der Waals surface area contributed by atoms with Crippen LogP contribution in [0.15, 0.2) is 72.9 Å². The zero-order valence-corrected chi connectivity index (χ0v) is 24.6. The molecular weight excluding hydrogens is 552 g/mol. The zero-order chi connectivity index (χ0) is 30.0. The Morgan fingerprint density at radius 3 is 2.57 bits per heavy atom. The molecule has 2 N–H and O–H groups in total. The number of hydrogen-bond acceptors (Lipinski definition) is 6. The number of para-hydroxylation sites is 1. The van der Waals surface area contributed by atoms with E-state index in [1.165, 1.54) is 19.2 Å². The van der Waals surface area contributed by atoms with Crippen LogP contribution >= 0.6 is 12.2 Å². The first kappa shape index (κ1) is 28.7. The molecule has 1 amide bonds. The minimum Gasteiger partial charge on any atom is -0.494 e. The highest BCUT2D eigenvalue weighted by Crippen LogP contribution is 2.42. The van der Waals surface area contributed by atoms with E-state index in [4.69, 9.17) is 17.0 Å². The predicted octanol–water partition coefficient (Wildman–Crippen LogP) is 5.72. The average Bonchev–Trinajstić information content (AvgIpc) is 3.47. The summed E-state index contributed by atoms with van der Waals surface area (Å²) in [5, 5.41) is 18.4. The van der Waals surface area contributed by atoms with Crippen molar-refractivity contribution in [1.82, 2.24) is 19.8 Å². The Kier molecular flexibility index (Phi) is 8.21. The summed E-state index contributed by atoms with van der Waals surface area (Å²) < 4.78 is 7.59. The van der Waals surface area contributed by atoms with Gasteiger partial charge in [-0.1, -0.05) is 24.3 Å². The van der Waals surface area contributed by atoms with Gasteiger partial charge in [0, 0.05) is 42.3 Å². The standard InChI is InChI=1S/C31H32N6O4S/c1-19-9-5-6-10-24(19)33-28(38)14-16-35-30(29(34-31(35)42)25-11-7-8-15-32-25)23-17-20(2)36(21(23)3)26-13-12-22(37(39)40)18-27(26)41-4/h5-13,15,17-18,29-30H,14,16H2,1-4H3,(H,33,38)(H,34,42)/t29-,30+/m0/s1. The van der Waals surface area contributed by atoms with E-state index in [-0.39, 0.29) is 30.1 Å². The molecule has 1 aliphatic heterocycles. The van der Waals surface area contributed by atoms with Crippen LogP contribution in [-0.4, -0.2) is 44.0 Å². The van der Waals surface area contributed by atoms with Crippen LogP contribution in [0.1, 0.15) is 46.7 Å². The molecule has 11 heteroatoms. The number of carbonyl (C=O) groups is 1. The highest BCUT2D eigenvalue weighted by molar-refractivity contribution is 7.80. The van der Waals surface area contributed by atoms with Crippen molar-refractivity contribution in [2.24, 2.45) is 0 Å². The quantitative estimate of drug-likeness (QED) is 0.146. The lowest BCUT2D eigenvalue weighted by Crippen LogP contribution is -2.33. The van der Waals surface area contributed by atoms with Gasteiger partial charge in [-0.3, -0.25) is 19.9 Å². The van der Waals surface area contributed by atoms with Gasteiger partial charge in [0.2, 0.25) is 5.91 Å². The average molecular weight is 585 g/mol. The molecule has 0 bridgehead atoms. The highest BCUT2D eigenvalue weighted by atomic mass is 32.1. The monoisotopic (exact) mass is 584 g/mol. The molecule has 2 aromatic heterocycles. The van der Waals surface area contributed by atoms with Gasteiger partial charge in [-0.2, -0.15) is 0 Å².